The van der Waals surface area contributed by atoms with E-state index in [0.717, 1.165) is 24.2 Å². The van der Waals surface area contributed by atoms with E-state index in [0.29, 0.717) is 36.0 Å². The Balaban J connectivity index is 0.000000968. The summed E-state index contributed by atoms with van der Waals surface area (Å²) in [5, 5.41) is 25.3. The van der Waals surface area contributed by atoms with Crippen molar-refractivity contribution in [1.29, 1.82) is 0 Å². The van der Waals surface area contributed by atoms with Crippen molar-refractivity contribution in [2.24, 2.45) is 0 Å². The molecule has 0 unspecified atom stereocenters. The molecule has 1 aliphatic carbocycles. The van der Waals surface area contributed by atoms with Crippen molar-refractivity contribution in [2.45, 2.75) is 57.7 Å². The molecule has 0 aliphatic heterocycles. The lowest BCUT2D eigenvalue weighted by molar-refractivity contribution is -0.122. The number of benzene rings is 2. The zero-order chi connectivity index (χ0) is 23.7. The number of aromatic nitrogens is 2. The molecule has 1 fully saturated rings. The van der Waals surface area contributed by atoms with Crippen LogP contribution in [0, 0.1) is 0 Å². The molecule has 1 aliphatic rings. The van der Waals surface area contributed by atoms with Gasteiger partial charge in [-0.05, 0) is 53.8 Å². The molecule has 2 aromatic carbocycles. The first-order valence-corrected chi connectivity index (χ1v) is 11.1. The van der Waals surface area contributed by atoms with Crippen molar-refractivity contribution in [2.75, 3.05) is 6.61 Å². The highest BCUT2D eigenvalue weighted by Crippen LogP contribution is 2.41. The van der Waals surface area contributed by atoms with Gasteiger partial charge in [0.15, 0.2) is 0 Å². The van der Waals surface area contributed by atoms with Crippen LogP contribution in [0.25, 0.3) is 11.0 Å². The van der Waals surface area contributed by atoms with Crippen LogP contribution in [-0.2, 0) is 11.3 Å². The molecule has 0 bridgehead atoms. The van der Waals surface area contributed by atoms with Gasteiger partial charge < -0.3 is 19.8 Å². The normalized spacial score (nSPS) is 13.6. The third-order valence-corrected chi connectivity index (χ3v) is 5.50. The summed E-state index contributed by atoms with van der Waals surface area (Å²) in [4.78, 5) is 23.2. The maximum Gasteiger partial charge on any atom is 0.290 e. The quantitative estimate of drug-likeness (QED) is 0.267. The van der Waals surface area contributed by atoms with E-state index in [9.17, 15) is 9.90 Å². The van der Waals surface area contributed by atoms with Crippen LogP contribution in [0.4, 0.5) is 0 Å². The van der Waals surface area contributed by atoms with Gasteiger partial charge in [-0.1, -0.05) is 44.4 Å². The minimum Gasteiger partial charge on any atom is -0.493 e. The Morgan fingerprint density at radius 2 is 1.88 bits per heavy atom. The van der Waals surface area contributed by atoms with Crippen LogP contribution < -0.4 is 4.74 Å². The van der Waals surface area contributed by atoms with Crippen LogP contribution in [0.2, 0.25) is 0 Å². The van der Waals surface area contributed by atoms with Crippen molar-refractivity contribution in [3.05, 3.63) is 53.6 Å². The fourth-order valence-electron chi connectivity index (χ4n) is 3.52. The Labute approximate surface area is 191 Å². The second kappa shape index (κ2) is 11.4. The standard InChI is InChI=1S/C23H27N3O4.CH2O2/c1-2-3-4-7-14-29-21-9-6-5-8-18(21)16-26(23(28)12-13-23)22(27)17-10-11-19-20(15-17)25-30-24-19;2-1-3/h5-6,8-11,15,28H,2-4,7,12-14,16H2,1H3;1H,(H,2,3). The molecule has 1 heterocycles. The van der Waals surface area contributed by atoms with Crippen LogP contribution in [0.1, 0.15) is 61.4 Å². The third-order valence-electron chi connectivity index (χ3n) is 5.50. The van der Waals surface area contributed by atoms with Gasteiger partial charge in [-0.2, -0.15) is 0 Å². The van der Waals surface area contributed by atoms with Gasteiger partial charge in [0.1, 0.15) is 22.5 Å². The van der Waals surface area contributed by atoms with Crippen molar-refractivity contribution in [1.82, 2.24) is 15.2 Å². The Bertz CT molecular complexity index is 1060. The van der Waals surface area contributed by atoms with E-state index < -0.39 is 5.72 Å². The highest BCUT2D eigenvalue weighted by molar-refractivity contribution is 5.97. The van der Waals surface area contributed by atoms with E-state index in [1.54, 1.807) is 18.2 Å². The lowest BCUT2D eigenvalue weighted by Gasteiger charge is -2.29. The number of hydrogen-bond donors (Lipinski definition) is 2. The monoisotopic (exact) mass is 455 g/mol. The van der Waals surface area contributed by atoms with Crippen LogP contribution in [0.5, 0.6) is 5.75 Å². The summed E-state index contributed by atoms with van der Waals surface area (Å²) in [6, 6.07) is 12.7. The van der Waals surface area contributed by atoms with Gasteiger partial charge in [0.2, 0.25) is 0 Å². The minimum atomic E-state index is -1.12. The highest BCUT2D eigenvalue weighted by atomic mass is 16.6. The molecule has 1 amide bonds. The molecule has 33 heavy (non-hydrogen) atoms. The zero-order valence-corrected chi connectivity index (χ0v) is 18.6. The number of para-hydroxylation sites is 1. The lowest BCUT2D eigenvalue weighted by Crippen LogP contribution is -2.41. The van der Waals surface area contributed by atoms with Gasteiger partial charge in [0.25, 0.3) is 12.4 Å². The predicted molar refractivity (Wildman–Crippen MR) is 121 cm³/mol. The summed E-state index contributed by atoms with van der Waals surface area (Å²) in [5.74, 6) is 0.504. The summed E-state index contributed by atoms with van der Waals surface area (Å²) in [5.41, 5.74) is 1.30. The van der Waals surface area contributed by atoms with Gasteiger partial charge in [0.05, 0.1) is 13.2 Å². The van der Waals surface area contributed by atoms with Gasteiger partial charge in [-0.25, -0.2) is 4.63 Å². The average molecular weight is 456 g/mol. The first-order chi connectivity index (χ1) is 16.0. The molecule has 0 atom stereocenters. The topological polar surface area (TPSA) is 126 Å². The first-order valence-electron chi connectivity index (χ1n) is 11.1. The zero-order valence-electron chi connectivity index (χ0n) is 18.6. The van der Waals surface area contributed by atoms with E-state index in [1.165, 1.54) is 17.7 Å². The van der Waals surface area contributed by atoms with Crippen molar-refractivity contribution < 1.29 is 29.2 Å². The van der Waals surface area contributed by atoms with Crippen LogP contribution in [-0.4, -0.2) is 50.1 Å². The van der Waals surface area contributed by atoms with Gasteiger partial charge in [-0.15, -0.1) is 0 Å². The Morgan fingerprint density at radius 1 is 1.15 bits per heavy atom. The second-order valence-corrected chi connectivity index (χ2v) is 7.96. The van der Waals surface area contributed by atoms with Crippen molar-refractivity contribution >= 4 is 23.4 Å². The Kier molecular flexibility index (Phi) is 8.37. The fraction of sp³-hybridized carbons (Fsp3) is 0.417. The summed E-state index contributed by atoms with van der Waals surface area (Å²) in [6.07, 6.45) is 5.65. The van der Waals surface area contributed by atoms with E-state index in [1.807, 2.05) is 24.3 Å². The van der Waals surface area contributed by atoms with Gasteiger partial charge >= 0.3 is 0 Å². The number of rotatable bonds is 10. The van der Waals surface area contributed by atoms with Crippen LogP contribution in [0.3, 0.4) is 0 Å². The average Bonchev–Trinajstić information content (AvgIpc) is 3.39. The Morgan fingerprint density at radius 3 is 2.61 bits per heavy atom. The van der Waals surface area contributed by atoms with E-state index in [4.69, 9.17) is 19.3 Å². The highest BCUT2D eigenvalue weighted by Gasteiger charge is 2.49. The summed E-state index contributed by atoms with van der Waals surface area (Å²) >= 11 is 0. The molecule has 176 valence electrons. The molecule has 9 heteroatoms. The summed E-state index contributed by atoms with van der Waals surface area (Å²) in [6.45, 7) is 2.85. The minimum absolute atomic E-state index is 0.250. The van der Waals surface area contributed by atoms with Crippen molar-refractivity contribution in [3.8, 4) is 5.75 Å². The molecule has 3 aromatic rings. The molecular formula is C24H29N3O6. The predicted octanol–water partition coefficient (Wildman–Crippen LogP) is 4.01. The maximum absolute atomic E-state index is 13.3. The summed E-state index contributed by atoms with van der Waals surface area (Å²) < 4.78 is 10.7. The van der Waals surface area contributed by atoms with Gasteiger partial charge in [0, 0.05) is 11.1 Å². The first kappa shape index (κ1) is 24.2. The largest absolute Gasteiger partial charge is 0.493 e. The van der Waals surface area contributed by atoms with E-state index in [-0.39, 0.29) is 18.9 Å². The molecule has 2 N–H and O–H groups in total. The number of carbonyl (C=O) groups excluding carboxylic acids is 1. The van der Waals surface area contributed by atoms with Crippen molar-refractivity contribution in [3.63, 3.8) is 0 Å². The molecule has 1 saturated carbocycles. The molecular weight excluding hydrogens is 426 g/mol. The second-order valence-electron chi connectivity index (χ2n) is 7.96. The number of aliphatic hydroxyl groups is 1. The van der Waals surface area contributed by atoms with Crippen LogP contribution in [0.15, 0.2) is 47.1 Å². The third kappa shape index (κ3) is 6.29. The van der Waals surface area contributed by atoms with Crippen LogP contribution >= 0.6 is 0 Å². The summed E-state index contributed by atoms with van der Waals surface area (Å²) in [7, 11) is 0. The SMILES string of the molecule is CCCCCCOc1ccccc1CN(C(=O)c1ccc2nonc2c1)C1(O)CC1.O=CO. The maximum atomic E-state index is 13.3. The molecule has 0 spiro atoms. The number of hydrogen-bond acceptors (Lipinski definition) is 7. The number of amides is 1. The molecule has 4 rings (SSSR count). The smallest absolute Gasteiger partial charge is 0.290 e. The molecule has 1 aromatic heterocycles. The molecule has 9 nitrogen and oxygen atoms in total. The van der Waals surface area contributed by atoms with E-state index >= 15 is 0 Å². The number of carboxylic acid groups (broad SMARTS) is 1. The van der Waals surface area contributed by atoms with Gasteiger partial charge in [-0.3, -0.25) is 9.59 Å². The number of fused-ring (bicyclic) bond motifs is 1. The molecule has 0 saturated heterocycles. The molecule has 0 radical (unpaired) electrons. The number of carbonyl (C=O) groups is 2. The lowest BCUT2D eigenvalue weighted by atomic mass is 10.1. The number of unbranched alkanes of at least 4 members (excludes halogenated alkanes) is 3. The number of ether oxygens (including phenoxy) is 1. The van der Waals surface area contributed by atoms with E-state index in [2.05, 4.69) is 17.2 Å². The number of nitrogens with zero attached hydrogens (tertiary/aromatic N) is 3. The Hall–Kier alpha value is -3.46. The fourth-order valence-corrected chi connectivity index (χ4v) is 3.52.